The number of hydrogen-bond acceptors (Lipinski definition) is 5. The van der Waals surface area contributed by atoms with Crippen LogP contribution in [0.15, 0.2) is 48.5 Å². The van der Waals surface area contributed by atoms with Crippen molar-refractivity contribution in [3.63, 3.8) is 0 Å². The van der Waals surface area contributed by atoms with Crippen molar-refractivity contribution in [1.29, 1.82) is 0 Å². The second-order valence-electron chi connectivity index (χ2n) is 3.87. The summed E-state index contributed by atoms with van der Waals surface area (Å²) in [5.74, 6) is 1.98. The number of para-hydroxylation sites is 2. The van der Waals surface area contributed by atoms with Crippen LogP contribution in [0.2, 0.25) is 0 Å². The van der Waals surface area contributed by atoms with Crippen LogP contribution in [-0.2, 0) is 6.42 Å². The van der Waals surface area contributed by atoms with E-state index in [9.17, 15) is 0 Å². The number of halogens is 1. The zero-order valence-electron chi connectivity index (χ0n) is 9.75. The highest BCUT2D eigenvalue weighted by Crippen LogP contribution is 2.35. The standard InChI is InChI=1S/C13H10O.ClHO4/c1-3-7-12-10(5-1)9-11-6-2-4-8-13(11)14-12;2-1(3,4)5/h1-8H,9H2;(H,2,3,4,5)/p-1. The molecule has 0 aromatic heterocycles. The third-order valence-corrected chi connectivity index (χ3v) is 2.55. The minimum Gasteiger partial charge on any atom is -0.457 e. The molecule has 3 rings (SSSR count). The molecule has 0 atom stereocenters. The molecule has 0 spiro atoms. The SMILES string of the molecule is [O-][Cl+3]([O-])([O-])[O-].c1ccc2c(c1)Cc1ccccc1O2. The molecule has 0 bridgehead atoms. The molecule has 0 saturated carbocycles. The third kappa shape index (κ3) is 4.20. The lowest BCUT2D eigenvalue weighted by Crippen LogP contribution is -2.68. The van der Waals surface area contributed by atoms with Gasteiger partial charge in [0.05, 0.1) is 0 Å². The van der Waals surface area contributed by atoms with Crippen LogP contribution in [-0.4, -0.2) is 0 Å². The summed E-state index contributed by atoms with van der Waals surface area (Å²) < 4.78 is 39.7. The molecule has 0 fully saturated rings. The maximum absolute atomic E-state index is 8.49. The van der Waals surface area contributed by atoms with Crippen LogP contribution in [0.3, 0.4) is 0 Å². The molecule has 19 heavy (non-hydrogen) atoms. The van der Waals surface area contributed by atoms with Gasteiger partial charge in [0.2, 0.25) is 0 Å². The normalized spacial score (nSPS) is 12.4. The fourth-order valence-corrected chi connectivity index (χ4v) is 1.82. The molecule has 6 heteroatoms. The molecule has 0 saturated heterocycles. The van der Waals surface area contributed by atoms with E-state index >= 15 is 0 Å². The van der Waals surface area contributed by atoms with Crippen LogP contribution in [0.4, 0.5) is 0 Å². The van der Waals surface area contributed by atoms with Crippen molar-refractivity contribution in [3.05, 3.63) is 59.7 Å². The molecule has 1 heterocycles. The smallest absolute Gasteiger partial charge is 0.130 e. The molecular weight excluding hydrogens is 272 g/mol. The van der Waals surface area contributed by atoms with Crippen molar-refractivity contribution in [2.24, 2.45) is 0 Å². The number of rotatable bonds is 0. The predicted octanol–water partition coefficient (Wildman–Crippen LogP) is -1.37. The molecular formula is C13H10ClO5-. The number of fused-ring (bicyclic) bond motifs is 2. The van der Waals surface area contributed by atoms with E-state index in [1.54, 1.807) is 0 Å². The molecule has 2 aromatic carbocycles. The third-order valence-electron chi connectivity index (χ3n) is 2.55. The van der Waals surface area contributed by atoms with Gasteiger partial charge in [-0.05, 0) is 23.3 Å². The first-order chi connectivity index (χ1) is 8.93. The lowest BCUT2D eigenvalue weighted by atomic mass is 10.0. The summed E-state index contributed by atoms with van der Waals surface area (Å²) in [5.41, 5.74) is 2.54. The van der Waals surface area contributed by atoms with Gasteiger partial charge in [-0.2, -0.15) is 0 Å². The van der Waals surface area contributed by atoms with Crippen LogP contribution in [0.5, 0.6) is 11.5 Å². The highest BCUT2D eigenvalue weighted by molar-refractivity contribution is 5.49. The van der Waals surface area contributed by atoms with E-state index in [0.29, 0.717) is 0 Å². The monoisotopic (exact) mass is 281 g/mol. The van der Waals surface area contributed by atoms with Gasteiger partial charge in [0, 0.05) is 6.42 Å². The Morgan fingerprint density at radius 3 is 1.53 bits per heavy atom. The molecule has 0 radical (unpaired) electrons. The number of ether oxygens (including phenoxy) is 1. The number of benzene rings is 2. The highest BCUT2D eigenvalue weighted by Gasteiger charge is 2.14. The fourth-order valence-electron chi connectivity index (χ4n) is 1.82. The van der Waals surface area contributed by atoms with E-state index in [-0.39, 0.29) is 0 Å². The highest BCUT2D eigenvalue weighted by atomic mass is 35.7. The Morgan fingerprint density at radius 1 is 0.737 bits per heavy atom. The summed E-state index contributed by atoms with van der Waals surface area (Å²) in [6.45, 7) is 0. The van der Waals surface area contributed by atoms with Crippen LogP contribution in [0.1, 0.15) is 11.1 Å². The van der Waals surface area contributed by atoms with E-state index < -0.39 is 10.2 Å². The van der Waals surface area contributed by atoms with Crippen molar-refractivity contribution >= 4 is 0 Å². The Kier molecular flexibility index (Phi) is 4.04. The van der Waals surface area contributed by atoms with Gasteiger partial charge in [0.1, 0.15) is 11.5 Å². The van der Waals surface area contributed by atoms with Crippen LogP contribution in [0.25, 0.3) is 0 Å². The van der Waals surface area contributed by atoms with Gasteiger partial charge >= 0.3 is 0 Å². The van der Waals surface area contributed by atoms with Gasteiger partial charge in [0.15, 0.2) is 0 Å². The van der Waals surface area contributed by atoms with Gasteiger partial charge in [-0.1, -0.05) is 36.4 Å². The van der Waals surface area contributed by atoms with Gasteiger partial charge < -0.3 is 4.74 Å². The molecule has 0 N–H and O–H groups in total. The molecule has 1 aliphatic rings. The summed E-state index contributed by atoms with van der Waals surface area (Å²) in [6, 6.07) is 16.4. The van der Waals surface area contributed by atoms with E-state index in [0.717, 1.165) is 17.9 Å². The molecule has 0 aliphatic carbocycles. The molecule has 5 nitrogen and oxygen atoms in total. The average Bonchev–Trinajstić information content (AvgIpc) is 2.34. The van der Waals surface area contributed by atoms with E-state index in [1.165, 1.54) is 11.1 Å². The van der Waals surface area contributed by atoms with Crippen LogP contribution >= 0.6 is 0 Å². The van der Waals surface area contributed by atoms with Gasteiger partial charge in [-0.15, -0.1) is 10.2 Å². The second-order valence-corrected chi connectivity index (χ2v) is 4.63. The van der Waals surface area contributed by atoms with E-state index in [1.807, 2.05) is 24.3 Å². The first-order valence-electron chi connectivity index (χ1n) is 5.39. The largest absolute Gasteiger partial charge is 0.457 e. The Hall–Kier alpha value is -1.63. The molecule has 0 amide bonds. The predicted molar refractivity (Wildman–Crippen MR) is 55.8 cm³/mol. The maximum Gasteiger partial charge on any atom is 0.130 e. The van der Waals surface area contributed by atoms with Crippen molar-refractivity contribution in [1.82, 2.24) is 0 Å². The first kappa shape index (κ1) is 13.8. The minimum absolute atomic E-state index is 0.979. The Morgan fingerprint density at radius 2 is 1.11 bits per heavy atom. The fraction of sp³-hybridized carbons (Fsp3) is 0.0769. The first-order valence-corrected chi connectivity index (χ1v) is 6.62. The van der Waals surface area contributed by atoms with Gasteiger partial charge in [-0.3, -0.25) is 0 Å². The van der Waals surface area contributed by atoms with Crippen molar-refractivity contribution < 1.29 is 33.6 Å². The summed E-state index contributed by atoms with van der Waals surface area (Å²) in [6.07, 6.45) is 0.979. The van der Waals surface area contributed by atoms with Crippen LogP contribution < -0.4 is 23.4 Å². The number of hydrogen-bond donors (Lipinski definition) is 0. The topological polar surface area (TPSA) is 101 Å². The minimum atomic E-state index is -4.94. The Labute approximate surface area is 112 Å². The maximum atomic E-state index is 8.49. The lowest BCUT2D eigenvalue weighted by molar-refractivity contribution is -2.00. The molecule has 0 unspecified atom stereocenters. The van der Waals surface area contributed by atoms with Crippen LogP contribution in [0, 0.1) is 10.2 Å². The summed E-state index contributed by atoms with van der Waals surface area (Å²) >= 11 is 0. The van der Waals surface area contributed by atoms with Crippen molar-refractivity contribution in [3.8, 4) is 11.5 Å². The Bertz CT molecular complexity index is 471. The van der Waals surface area contributed by atoms with Crippen molar-refractivity contribution in [2.45, 2.75) is 6.42 Å². The summed E-state index contributed by atoms with van der Waals surface area (Å²) in [5, 5.41) is 0. The van der Waals surface area contributed by atoms with Crippen molar-refractivity contribution in [2.75, 3.05) is 0 Å². The molecule has 1 aliphatic heterocycles. The molecule has 2 aromatic rings. The Balaban J connectivity index is 0.000000232. The van der Waals surface area contributed by atoms with E-state index in [2.05, 4.69) is 24.3 Å². The molecule has 100 valence electrons. The van der Waals surface area contributed by atoms with Gasteiger partial charge in [0.25, 0.3) is 0 Å². The van der Waals surface area contributed by atoms with Gasteiger partial charge in [-0.25, -0.2) is 18.6 Å². The zero-order chi connectivity index (χ0) is 13.9. The van der Waals surface area contributed by atoms with E-state index in [4.69, 9.17) is 23.4 Å². The zero-order valence-corrected chi connectivity index (χ0v) is 10.5. The lowest BCUT2D eigenvalue weighted by Gasteiger charge is -2.19. The second kappa shape index (κ2) is 5.56. The average molecular weight is 282 g/mol. The summed E-state index contributed by atoms with van der Waals surface area (Å²) in [4.78, 5) is 0. The quantitative estimate of drug-likeness (QED) is 0.506. The summed E-state index contributed by atoms with van der Waals surface area (Å²) in [7, 11) is -4.94.